The van der Waals surface area contributed by atoms with Crippen molar-refractivity contribution in [3.05, 3.63) is 47.6 Å². The van der Waals surface area contributed by atoms with Gasteiger partial charge in [-0.15, -0.1) is 0 Å². The van der Waals surface area contributed by atoms with Gasteiger partial charge in [-0.2, -0.15) is 4.99 Å². The van der Waals surface area contributed by atoms with E-state index in [-0.39, 0.29) is 0 Å². The molecule has 0 saturated carbocycles. The molecule has 84 valence electrons. The lowest BCUT2D eigenvalue weighted by Crippen LogP contribution is -1.91. The molecule has 1 aromatic carbocycles. The van der Waals surface area contributed by atoms with Crippen LogP contribution in [0.5, 0.6) is 0 Å². The summed E-state index contributed by atoms with van der Waals surface area (Å²) < 4.78 is 0. The number of anilines is 2. The van der Waals surface area contributed by atoms with Crippen molar-refractivity contribution in [3.63, 3.8) is 0 Å². The third-order valence-electron chi connectivity index (χ3n) is 2.04. The molecule has 0 amide bonds. The Morgan fingerprint density at radius 2 is 1.94 bits per heavy atom. The molecule has 0 aliphatic rings. The minimum atomic E-state index is 0.682. The van der Waals surface area contributed by atoms with Gasteiger partial charge in [0.05, 0.1) is 17.0 Å². The van der Waals surface area contributed by atoms with Crippen LogP contribution in [0.4, 0.5) is 17.2 Å². The van der Waals surface area contributed by atoms with Gasteiger partial charge in [0.2, 0.25) is 0 Å². The second-order valence-electron chi connectivity index (χ2n) is 3.24. The smallest absolute Gasteiger partial charge is 0.130 e. The third kappa shape index (κ3) is 3.36. The van der Waals surface area contributed by atoms with E-state index < -0.39 is 0 Å². The van der Waals surface area contributed by atoms with Crippen molar-refractivity contribution in [2.75, 3.05) is 5.32 Å². The number of thiocarbonyl (C=S) groups is 1. The van der Waals surface area contributed by atoms with E-state index in [1.54, 1.807) is 6.20 Å². The zero-order valence-electron chi connectivity index (χ0n) is 8.72. The van der Waals surface area contributed by atoms with Crippen LogP contribution < -0.4 is 5.32 Å². The number of pyridine rings is 1. The molecule has 5 heteroatoms. The molecule has 2 rings (SSSR count). The minimum Gasteiger partial charge on any atom is -0.340 e. The number of aliphatic imine (C=N–C) groups is 1. The van der Waals surface area contributed by atoms with E-state index >= 15 is 0 Å². The van der Waals surface area contributed by atoms with Crippen molar-refractivity contribution in [1.82, 2.24) is 4.98 Å². The maximum Gasteiger partial charge on any atom is 0.130 e. The molecule has 0 spiro atoms. The summed E-state index contributed by atoms with van der Waals surface area (Å²) in [6, 6.07) is 11.0. The lowest BCUT2D eigenvalue weighted by Gasteiger charge is -2.05. The van der Waals surface area contributed by atoms with Crippen LogP contribution in [0.15, 0.2) is 47.6 Å². The van der Waals surface area contributed by atoms with Crippen LogP contribution in [0, 0.1) is 0 Å². The van der Waals surface area contributed by atoms with Gasteiger partial charge in [0, 0.05) is 10.7 Å². The predicted octanol–water partition coefficient (Wildman–Crippen LogP) is 4.21. The summed E-state index contributed by atoms with van der Waals surface area (Å²) in [6.45, 7) is 0. The maximum atomic E-state index is 5.80. The summed E-state index contributed by atoms with van der Waals surface area (Å²) in [4.78, 5) is 8.01. The van der Waals surface area contributed by atoms with E-state index in [0.29, 0.717) is 10.7 Å². The molecule has 0 atom stereocenters. The van der Waals surface area contributed by atoms with Crippen LogP contribution in [-0.2, 0) is 0 Å². The van der Waals surface area contributed by atoms with Crippen molar-refractivity contribution >= 4 is 46.2 Å². The quantitative estimate of drug-likeness (QED) is 0.664. The number of aromatic nitrogens is 1. The molecular formula is C12H8ClN3S. The van der Waals surface area contributed by atoms with Gasteiger partial charge in [0.25, 0.3) is 0 Å². The summed E-state index contributed by atoms with van der Waals surface area (Å²) in [5, 5.41) is 6.14. The lowest BCUT2D eigenvalue weighted by atomic mass is 10.3. The van der Waals surface area contributed by atoms with E-state index in [4.69, 9.17) is 11.6 Å². The first-order valence-electron chi connectivity index (χ1n) is 4.84. The van der Waals surface area contributed by atoms with Crippen LogP contribution in [0.1, 0.15) is 0 Å². The number of hydrogen-bond acceptors (Lipinski definition) is 4. The number of hydrogen-bond donors (Lipinski definition) is 1. The Morgan fingerprint density at radius 3 is 2.53 bits per heavy atom. The molecule has 0 unspecified atom stereocenters. The first kappa shape index (κ1) is 11.7. The molecule has 1 aromatic heterocycles. The fraction of sp³-hybridized carbons (Fsp3) is 0. The van der Waals surface area contributed by atoms with E-state index in [2.05, 4.69) is 32.7 Å². The highest BCUT2D eigenvalue weighted by Crippen LogP contribution is 2.19. The average Bonchev–Trinajstić information content (AvgIpc) is 2.35. The van der Waals surface area contributed by atoms with E-state index in [1.807, 2.05) is 36.4 Å². The Hall–Kier alpha value is -1.74. The lowest BCUT2D eigenvalue weighted by molar-refractivity contribution is 1.29. The molecule has 0 aliphatic heterocycles. The van der Waals surface area contributed by atoms with Gasteiger partial charge in [0.15, 0.2) is 0 Å². The number of rotatable bonds is 3. The molecular weight excluding hydrogens is 254 g/mol. The predicted molar refractivity (Wildman–Crippen MR) is 73.7 cm³/mol. The first-order chi connectivity index (χ1) is 8.28. The summed E-state index contributed by atoms with van der Waals surface area (Å²) >= 11 is 10.3. The van der Waals surface area contributed by atoms with Gasteiger partial charge >= 0.3 is 0 Å². The molecule has 0 saturated heterocycles. The van der Waals surface area contributed by atoms with Crippen LogP contribution in [0.3, 0.4) is 0 Å². The number of nitrogens with one attached hydrogen (secondary N) is 1. The molecule has 0 fully saturated rings. The SMILES string of the molecule is S=C=Nc1ccc(Nc2ccc(Cl)cc2)nc1. The van der Waals surface area contributed by atoms with Gasteiger partial charge < -0.3 is 5.32 Å². The van der Waals surface area contributed by atoms with Gasteiger partial charge in [-0.3, -0.25) is 0 Å². The molecule has 0 aliphatic carbocycles. The monoisotopic (exact) mass is 261 g/mol. The number of isothiocyanates is 1. The number of nitrogens with zero attached hydrogens (tertiary/aromatic N) is 2. The summed E-state index contributed by atoms with van der Waals surface area (Å²) in [5.74, 6) is 0.732. The largest absolute Gasteiger partial charge is 0.340 e. The second-order valence-corrected chi connectivity index (χ2v) is 3.86. The van der Waals surface area contributed by atoms with Crippen LogP contribution >= 0.6 is 23.8 Å². The van der Waals surface area contributed by atoms with E-state index in [0.717, 1.165) is 11.5 Å². The Bertz CT molecular complexity index is 545. The molecule has 17 heavy (non-hydrogen) atoms. The van der Waals surface area contributed by atoms with Crippen LogP contribution in [0.25, 0.3) is 0 Å². The van der Waals surface area contributed by atoms with Gasteiger partial charge in [-0.05, 0) is 48.6 Å². The number of halogens is 1. The fourth-order valence-corrected chi connectivity index (χ4v) is 1.49. The van der Waals surface area contributed by atoms with Crippen molar-refractivity contribution in [1.29, 1.82) is 0 Å². The van der Waals surface area contributed by atoms with E-state index in [9.17, 15) is 0 Å². The number of benzene rings is 1. The normalized spacial score (nSPS) is 9.47. The minimum absolute atomic E-state index is 0.682. The Kier molecular flexibility index (Phi) is 3.83. The fourth-order valence-electron chi connectivity index (χ4n) is 1.26. The van der Waals surface area contributed by atoms with E-state index in [1.165, 1.54) is 0 Å². The second kappa shape index (κ2) is 5.55. The molecule has 1 heterocycles. The zero-order chi connectivity index (χ0) is 12.1. The molecule has 2 aromatic rings. The molecule has 3 nitrogen and oxygen atoms in total. The van der Waals surface area contributed by atoms with Crippen molar-refractivity contribution in [3.8, 4) is 0 Å². The van der Waals surface area contributed by atoms with Crippen molar-refractivity contribution in [2.45, 2.75) is 0 Å². The topological polar surface area (TPSA) is 37.3 Å². The summed E-state index contributed by atoms with van der Waals surface area (Å²) in [5.41, 5.74) is 1.61. The van der Waals surface area contributed by atoms with Crippen molar-refractivity contribution in [2.24, 2.45) is 4.99 Å². The van der Waals surface area contributed by atoms with Crippen molar-refractivity contribution < 1.29 is 0 Å². The Labute approximate surface area is 109 Å². The molecule has 0 radical (unpaired) electrons. The molecule has 0 bridgehead atoms. The van der Waals surface area contributed by atoms with Crippen LogP contribution in [-0.4, -0.2) is 10.1 Å². The van der Waals surface area contributed by atoms with Gasteiger partial charge in [-0.1, -0.05) is 11.6 Å². The third-order valence-corrected chi connectivity index (χ3v) is 2.38. The highest BCUT2D eigenvalue weighted by Gasteiger charge is 1.96. The van der Waals surface area contributed by atoms with Gasteiger partial charge in [0.1, 0.15) is 5.82 Å². The average molecular weight is 262 g/mol. The Balaban J connectivity index is 2.13. The highest BCUT2D eigenvalue weighted by atomic mass is 35.5. The summed E-state index contributed by atoms with van der Waals surface area (Å²) in [6.07, 6.45) is 1.62. The highest BCUT2D eigenvalue weighted by molar-refractivity contribution is 7.78. The molecule has 1 N–H and O–H groups in total. The van der Waals surface area contributed by atoms with Gasteiger partial charge in [-0.25, -0.2) is 4.98 Å². The van der Waals surface area contributed by atoms with Crippen LogP contribution in [0.2, 0.25) is 5.02 Å². The first-order valence-corrected chi connectivity index (χ1v) is 5.63. The zero-order valence-corrected chi connectivity index (χ0v) is 10.3. The Morgan fingerprint density at radius 1 is 1.18 bits per heavy atom. The standard InChI is InChI=1S/C12H8ClN3S/c13-9-1-3-10(4-2-9)16-12-6-5-11(7-14-12)15-8-17/h1-7H,(H,14,16). The maximum absolute atomic E-state index is 5.80. The summed E-state index contributed by atoms with van der Waals surface area (Å²) in [7, 11) is 0.